The van der Waals surface area contributed by atoms with E-state index in [4.69, 9.17) is 10.2 Å². The molecule has 2 saturated heterocycles. The Morgan fingerprint density at radius 1 is 0.679 bits per heavy atom. The van der Waals surface area contributed by atoms with E-state index >= 15 is 0 Å². The molecule has 2 bridgehead atoms. The number of imide groups is 2. The molecule has 3 fully saturated rings. The Hall–Kier alpha value is -3.04. The predicted octanol–water partition coefficient (Wildman–Crippen LogP) is -1.05. The van der Waals surface area contributed by atoms with Crippen LogP contribution in [0.3, 0.4) is 0 Å². The van der Waals surface area contributed by atoms with E-state index in [0.717, 1.165) is 9.80 Å². The van der Waals surface area contributed by atoms with Gasteiger partial charge >= 0.3 is 11.9 Å². The lowest BCUT2D eigenvalue weighted by Gasteiger charge is -2.44. The molecule has 0 aromatic rings. The molecule has 2 heterocycles. The number of carboxylic acids is 2. The van der Waals surface area contributed by atoms with Crippen LogP contribution in [-0.2, 0) is 28.8 Å². The number of carbonyl (C=O) groups excluding carboxylic acids is 4. The van der Waals surface area contributed by atoms with Crippen molar-refractivity contribution in [3.8, 4) is 0 Å². The fourth-order valence-corrected chi connectivity index (χ4v) is 5.21. The average Bonchev–Trinajstić information content (AvgIpc) is 3.06. The molecule has 2 N–H and O–H groups in total. The molecule has 10 heteroatoms. The van der Waals surface area contributed by atoms with Gasteiger partial charge in [-0.1, -0.05) is 12.2 Å². The van der Waals surface area contributed by atoms with E-state index in [0.29, 0.717) is 0 Å². The highest BCUT2D eigenvalue weighted by Gasteiger charge is 2.68. The third-order valence-corrected chi connectivity index (χ3v) is 6.29. The van der Waals surface area contributed by atoms with Crippen LogP contribution in [0.5, 0.6) is 0 Å². The number of hydrogen-bond acceptors (Lipinski definition) is 6. The van der Waals surface area contributed by atoms with Crippen molar-refractivity contribution in [2.45, 2.75) is 12.8 Å². The number of amides is 4. The molecule has 148 valence electrons. The summed E-state index contributed by atoms with van der Waals surface area (Å²) in [6.45, 7) is -0.469. The van der Waals surface area contributed by atoms with Crippen molar-refractivity contribution in [2.75, 3.05) is 13.1 Å². The number of nitrogens with zero attached hydrogens (tertiary/aromatic N) is 2. The number of aliphatic carboxylic acids is 2. The Morgan fingerprint density at radius 3 is 1.21 bits per heavy atom. The first kappa shape index (κ1) is 18.3. The van der Waals surface area contributed by atoms with Crippen molar-refractivity contribution in [2.24, 2.45) is 35.5 Å². The molecule has 10 nitrogen and oxygen atoms in total. The van der Waals surface area contributed by atoms with E-state index < -0.39 is 71.1 Å². The highest BCUT2D eigenvalue weighted by Crippen LogP contribution is 2.57. The lowest BCUT2D eigenvalue weighted by atomic mass is 9.54. The van der Waals surface area contributed by atoms with Gasteiger partial charge in [-0.15, -0.1) is 0 Å². The highest BCUT2D eigenvalue weighted by molar-refractivity contribution is 6.11. The van der Waals surface area contributed by atoms with Crippen LogP contribution in [-0.4, -0.2) is 68.7 Å². The predicted molar refractivity (Wildman–Crippen MR) is 88.0 cm³/mol. The summed E-state index contributed by atoms with van der Waals surface area (Å²) in [5.74, 6) is -8.66. The van der Waals surface area contributed by atoms with E-state index in [2.05, 4.69) is 0 Å². The van der Waals surface area contributed by atoms with Gasteiger partial charge in [0.1, 0.15) is 0 Å². The first-order chi connectivity index (χ1) is 13.2. The van der Waals surface area contributed by atoms with Crippen LogP contribution in [0.2, 0.25) is 0 Å². The first-order valence-corrected chi connectivity index (χ1v) is 9.06. The molecule has 0 radical (unpaired) electrons. The third kappa shape index (κ3) is 2.40. The molecule has 5 rings (SSSR count). The van der Waals surface area contributed by atoms with E-state index in [-0.39, 0.29) is 25.9 Å². The number of rotatable bonds is 6. The Balaban J connectivity index is 1.63. The van der Waals surface area contributed by atoms with E-state index in [1.54, 1.807) is 12.2 Å². The van der Waals surface area contributed by atoms with Crippen LogP contribution < -0.4 is 0 Å². The summed E-state index contributed by atoms with van der Waals surface area (Å²) in [5.41, 5.74) is 0. The zero-order chi connectivity index (χ0) is 20.3. The molecular formula is C18H18N2O8. The zero-order valence-electron chi connectivity index (χ0n) is 14.7. The molecule has 2 unspecified atom stereocenters. The molecule has 3 aliphatic carbocycles. The summed E-state index contributed by atoms with van der Waals surface area (Å²) in [4.78, 5) is 74.8. The monoisotopic (exact) mass is 390 g/mol. The van der Waals surface area contributed by atoms with Crippen LogP contribution in [0.1, 0.15) is 12.8 Å². The number of carboxylic acid groups (broad SMARTS) is 2. The van der Waals surface area contributed by atoms with Crippen molar-refractivity contribution in [1.29, 1.82) is 0 Å². The molecule has 0 spiro atoms. The average molecular weight is 390 g/mol. The van der Waals surface area contributed by atoms with Gasteiger partial charge in [0.15, 0.2) is 0 Å². The van der Waals surface area contributed by atoms with Gasteiger partial charge in [-0.25, -0.2) is 0 Å². The second kappa shape index (κ2) is 6.25. The molecule has 1 saturated carbocycles. The molecule has 5 aliphatic rings. The normalized spacial score (nSPS) is 35.6. The minimum absolute atomic E-state index is 0.235. The second-order valence-electron chi connectivity index (χ2n) is 7.59. The lowest BCUT2D eigenvalue weighted by molar-refractivity contribution is -0.143. The van der Waals surface area contributed by atoms with Crippen molar-refractivity contribution >= 4 is 35.6 Å². The Labute approximate surface area is 158 Å². The highest BCUT2D eigenvalue weighted by atomic mass is 16.4. The molecule has 0 aromatic heterocycles. The molecular weight excluding hydrogens is 372 g/mol. The van der Waals surface area contributed by atoms with Gasteiger partial charge in [-0.3, -0.25) is 38.6 Å². The van der Waals surface area contributed by atoms with E-state index in [1.165, 1.54) is 0 Å². The number of allylic oxidation sites excluding steroid dienone is 2. The van der Waals surface area contributed by atoms with Gasteiger partial charge in [0.05, 0.1) is 36.5 Å². The molecule has 2 aliphatic heterocycles. The summed E-state index contributed by atoms with van der Waals surface area (Å²) < 4.78 is 0. The number of hydrogen-bond donors (Lipinski definition) is 2. The van der Waals surface area contributed by atoms with Gasteiger partial charge in [0.25, 0.3) is 0 Å². The quantitative estimate of drug-likeness (QED) is 0.431. The summed E-state index contributed by atoms with van der Waals surface area (Å²) >= 11 is 0. The fourth-order valence-electron chi connectivity index (χ4n) is 5.21. The maximum Gasteiger partial charge on any atom is 0.305 e. The van der Waals surface area contributed by atoms with Gasteiger partial charge < -0.3 is 10.2 Å². The third-order valence-electron chi connectivity index (χ3n) is 6.29. The van der Waals surface area contributed by atoms with E-state index in [9.17, 15) is 28.8 Å². The van der Waals surface area contributed by atoms with Crippen molar-refractivity contribution < 1.29 is 39.0 Å². The molecule has 28 heavy (non-hydrogen) atoms. The van der Waals surface area contributed by atoms with Gasteiger partial charge in [0.2, 0.25) is 23.6 Å². The summed E-state index contributed by atoms with van der Waals surface area (Å²) in [5, 5.41) is 17.7. The fraction of sp³-hybridized carbons (Fsp3) is 0.556. The molecule has 4 amide bonds. The van der Waals surface area contributed by atoms with Crippen molar-refractivity contribution in [3.63, 3.8) is 0 Å². The number of carbonyl (C=O) groups is 6. The van der Waals surface area contributed by atoms with Crippen molar-refractivity contribution in [3.05, 3.63) is 12.2 Å². The van der Waals surface area contributed by atoms with Crippen LogP contribution in [0.4, 0.5) is 0 Å². The van der Waals surface area contributed by atoms with Crippen LogP contribution in [0.25, 0.3) is 0 Å². The molecule has 0 aromatic carbocycles. The summed E-state index contributed by atoms with van der Waals surface area (Å²) in [7, 11) is 0. The minimum Gasteiger partial charge on any atom is -0.481 e. The Bertz CT molecular complexity index is 737. The van der Waals surface area contributed by atoms with Crippen molar-refractivity contribution in [1.82, 2.24) is 9.80 Å². The summed E-state index contributed by atoms with van der Waals surface area (Å²) in [6.07, 6.45) is 2.66. The smallest absolute Gasteiger partial charge is 0.305 e. The van der Waals surface area contributed by atoms with Crippen LogP contribution in [0, 0.1) is 35.5 Å². The SMILES string of the molecule is O=C(O)CCN1C(=O)[C@@H]2C3C=CC([C@H]2C1=O)[C@@H]1C(=O)N(CCC(=O)O)C(=O)[C@H]31. The maximum atomic E-state index is 12.8. The Kier molecular flexibility index (Phi) is 4.09. The topological polar surface area (TPSA) is 149 Å². The minimum atomic E-state index is -1.13. The lowest BCUT2D eigenvalue weighted by Crippen LogP contribution is -2.50. The Morgan fingerprint density at radius 2 is 0.964 bits per heavy atom. The van der Waals surface area contributed by atoms with Gasteiger partial charge in [0, 0.05) is 24.9 Å². The first-order valence-electron chi connectivity index (χ1n) is 9.06. The summed E-state index contributed by atoms with van der Waals surface area (Å²) in [6, 6.07) is 0. The molecule has 6 atom stereocenters. The van der Waals surface area contributed by atoms with Crippen LogP contribution >= 0.6 is 0 Å². The number of likely N-dealkylation sites (tertiary alicyclic amines) is 2. The zero-order valence-corrected chi connectivity index (χ0v) is 14.7. The van der Waals surface area contributed by atoms with E-state index in [1.807, 2.05) is 0 Å². The second-order valence-corrected chi connectivity index (χ2v) is 7.59. The maximum absolute atomic E-state index is 12.8. The van der Waals surface area contributed by atoms with Gasteiger partial charge in [-0.05, 0) is 0 Å². The van der Waals surface area contributed by atoms with Crippen LogP contribution in [0.15, 0.2) is 12.2 Å². The largest absolute Gasteiger partial charge is 0.481 e. The standard InChI is InChI=1S/C18H18N2O8/c21-9(22)3-5-19-15(25)11-7-1-2-8(13(11)17(19)27)14-12(7)16(26)20(18(14)28)6-4-10(23)24/h1-2,7-8,11-14H,3-6H2,(H,21,22)(H,23,24)/t7?,8?,11-,12-,13-,14+/m1/s1. The van der Waals surface area contributed by atoms with Gasteiger partial charge in [-0.2, -0.15) is 0 Å².